The Morgan fingerprint density at radius 1 is 1.21 bits per heavy atom. The smallest absolute Gasteiger partial charge is 0.286 e. The van der Waals surface area contributed by atoms with Crippen molar-refractivity contribution in [2.24, 2.45) is 4.99 Å². The fourth-order valence-electron chi connectivity index (χ4n) is 3.21. The van der Waals surface area contributed by atoms with Gasteiger partial charge in [0.2, 0.25) is 5.43 Å². The molecule has 4 aromatic rings. The number of thiazole rings is 1. The van der Waals surface area contributed by atoms with E-state index in [1.54, 1.807) is 24.3 Å². The van der Waals surface area contributed by atoms with Crippen molar-refractivity contribution in [3.8, 4) is 5.75 Å². The molecular weight excluding hydrogens is 388 g/mol. The van der Waals surface area contributed by atoms with Crippen LogP contribution in [0.15, 0.2) is 62.9 Å². The van der Waals surface area contributed by atoms with Crippen LogP contribution in [0.5, 0.6) is 5.75 Å². The molecule has 7 heteroatoms. The monoisotopic (exact) mass is 408 g/mol. The number of ether oxygens (including phenoxy) is 1. The fraction of sp³-hybridized carbons (Fsp3) is 0.227. The molecule has 2 aromatic carbocycles. The highest BCUT2D eigenvalue weighted by molar-refractivity contribution is 7.16. The van der Waals surface area contributed by atoms with Crippen LogP contribution in [0.25, 0.3) is 21.2 Å². The number of hydrogen-bond donors (Lipinski definition) is 0. The molecular formula is C22H20N2O4S. The molecule has 0 aliphatic heterocycles. The summed E-state index contributed by atoms with van der Waals surface area (Å²) in [6, 6.07) is 12.7. The first-order valence-electron chi connectivity index (χ1n) is 9.48. The highest BCUT2D eigenvalue weighted by Crippen LogP contribution is 2.24. The molecule has 0 aliphatic rings. The van der Waals surface area contributed by atoms with E-state index in [0.29, 0.717) is 28.9 Å². The van der Waals surface area contributed by atoms with Gasteiger partial charge in [-0.2, -0.15) is 4.99 Å². The van der Waals surface area contributed by atoms with Crippen molar-refractivity contribution in [1.82, 2.24) is 4.57 Å². The number of carbonyl (C=O) groups excluding carboxylic acids is 1. The quantitative estimate of drug-likeness (QED) is 0.492. The molecule has 148 valence electrons. The minimum Gasteiger partial charge on any atom is -0.494 e. The lowest BCUT2D eigenvalue weighted by Gasteiger charge is -2.05. The molecule has 0 unspecified atom stereocenters. The summed E-state index contributed by atoms with van der Waals surface area (Å²) in [4.78, 5) is 30.3. The van der Waals surface area contributed by atoms with E-state index < -0.39 is 5.91 Å². The van der Waals surface area contributed by atoms with Crippen molar-refractivity contribution in [3.63, 3.8) is 0 Å². The standard InChI is InChI=1S/C22H20N2O4S/c1-3-11-24-17-10-9-14(27-4-2)12-19(17)29-22(24)23-21(26)16-13-28-18-8-6-5-7-15(18)20(16)25/h5-10,12-13H,3-4,11H2,1-2H3. The Kier molecular flexibility index (Phi) is 5.31. The van der Waals surface area contributed by atoms with Gasteiger partial charge in [0.05, 0.1) is 22.2 Å². The van der Waals surface area contributed by atoms with Crippen LogP contribution in [0.2, 0.25) is 0 Å². The molecule has 0 saturated carbocycles. The lowest BCUT2D eigenvalue weighted by atomic mass is 10.2. The number of fused-ring (bicyclic) bond motifs is 2. The van der Waals surface area contributed by atoms with Gasteiger partial charge in [-0.05, 0) is 43.7 Å². The van der Waals surface area contributed by atoms with Gasteiger partial charge in [0.15, 0.2) is 4.80 Å². The van der Waals surface area contributed by atoms with Gasteiger partial charge in [0, 0.05) is 6.54 Å². The molecule has 6 nitrogen and oxygen atoms in total. The maximum absolute atomic E-state index is 12.8. The molecule has 0 atom stereocenters. The third kappa shape index (κ3) is 3.61. The Bertz CT molecular complexity index is 1330. The molecule has 0 aliphatic carbocycles. The molecule has 0 N–H and O–H groups in total. The van der Waals surface area contributed by atoms with Gasteiger partial charge < -0.3 is 13.7 Å². The highest BCUT2D eigenvalue weighted by atomic mass is 32.1. The van der Waals surface area contributed by atoms with E-state index in [4.69, 9.17) is 9.15 Å². The zero-order valence-corrected chi connectivity index (χ0v) is 17.0. The van der Waals surface area contributed by atoms with Crippen LogP contribution in [0.1, 0.15) is 30.6 Å². The second-order valence-corrected chi connectivity index (χ2v) is 7.50. The third-order valence-corrected chi connectivity index (χ3v) is 5.56. The normalized spacial score (nSPS) is 12.0. The van der Waals surface area contributed by atoms with Crippen LogP contribution in [-0.2, 0) is 6.54 Å². The summed E-state index contributed by atoms with van der Waals surface area (Å²) >= 11 is 1.40. The van der Waals surface area contributed by atoms with Gasteiger partial charge >= 0.3 is 0 Å². The summed E-state index contributed by atoms with van der Waals surface area (Å²) in [5.74, 6) is 0.170. The van der Waals surface area contributed by atoms with Crippen molar-refractivity contribution in [3.05, 3.63) is 69.3 Å². The van der Waals surface area contributed by atoms with Gasteiger partial charge in [-0.1, -0.05) is 30.4 Å². The van der Waals surface area contributed by atoms with E-state index in [-0.39, 0.29) is 11.0 Å². The molecule has 0 bridgehead atoms. The van der Waals surface area contributed by atoms with Gasteiger partial charge in [0.1, 0.15) is 23.2 Å². The van der Waals surface area contributed by atoms with Crippen molar-refractivity contribution in [2.45, 2.75) is 26.8 Å². The molecule has 4 rings (SSSR count). The number of aromatic nitrogens is 1. The lowest BCUT2D eigenvalue weighted by molar-refractivity contribution is 0.0995. The SMILES string of the molecule is CCCn1c(=NC(=O)c2coc3ccccc3c2=O)sc2cc(OCC)ccc21. The Morgan fingerprint density at radius 3 is 2.83 bits per heavy atom. The molecule has 2 aromatic heterocycles. The first kappa shape index (κ1) is 19.1. The molecule has 0 spiro atoms. The Hall–Kier alpha value is -3.19. The molecule has 0 radical (unpaired) electrons. The first-order valence-corrected chi connectivity index (χ1v) is 10.3. The number of amides is 1. The predicted octanol–water partition coefficient (Wildman–Crippen LogP) is 4.36. The number of carbonyl (C=O) groups is 1. The van der Waals surface area contributed by atoms with Gasteiger partial charge in [-0.25, -0.2) is 0 Å². The van der Waals surface area contributed by atoms with E-state index in [2.05, 4.69) is 11.9 Å². The average Bonchev–Trinajstić information content (AvgIpc) is 3.05. The van der Waals surface area contributed by atoms with Crippen LogP contribution >= 0.6 is 11.3 Å². The van der Waals surface area contributed by atoms with Crippen LogP contribution in [-0.4, -0.2) is 17.1 Å². The van der Waals surface area contributed by atoms with Crippen molar-refractivity contribution in [2.75, 3.05) is 6.61 Å². The molecule has 0 saturated heterocycles. The fourth-order valence-corrected chi connectivity index (χ4v) is 4.29. The van der Waals surface area contributed by atoms with Crippen LogP contribution < -0.4 is 15.0 Å². The zero-order chi connectivity index (χ0) is 20.4. The number of benzene rings is 2. The van der Waals surface area contributed by atoms with Crippen LogP contribution in [0.4, 0.5) is 0 Å². The summed E-state index contributed by atoms with van der Waals surface area (Å²) in [5, 5.41) is 0.368. The maximum atomic E-state index is 12.8. The molecule has 0 fully saturated rings. The van der Waals surface area contributed by atoms with Crippen LogP contribution in [0.3, 0.4) is 0 Å². The van der Waals surface area contributed by atoms with Crippen LogP contribution in [0, 0.1) is 0 Å². The van der Waals surface area contributed by atoms with Crippen molar-refractivity contribution >= 4 is 38.4 Å². The Morgan fingerprint density at radius 2 is 2.03 bits per heavy atom. The second kappa shape index (κ2) is 8.05. The van der Waals surface area contributed by atoms with Gasteiger partial charge in [0.25, 0.3) is 5.91 Å². The highest BCUT2D eigenvalue weighted by Gasteiger charge is 2.15. The molecule has 29 heavy (non-hydrogen) atoms. The summed E-state index contributed by atoms with van der Waals surface area (Å²) < 4.78 is 14.0. The molecule has 2 heterocycles. The summed E-state index contributed by atoms with van der Waals surface area (Å²) in [6.45, 7) is 5.30. The number of aryl methyl sites for hydroxylation is 1. The predicted molar refractivity (Wildman–Crippen MR) is 114 cm³/mol. The summed E-state index contributed by atoms with van der Waals surface area (Å²) in [5.41, 5.74) is 0.986. The Labute approximate surface area is 170 Å². The lowest BCUT2D eigenvalue weighted by Crippen LogP contribution is -2.20. The summed E-state index contributed by atoms with van der Waals surface area (Å²) in [6.07, 6.45) is 2.08. The number of hydrogen-bond acceptors (Lipinski definition) is 5. The zero-order valence-electron chi connectivity index (χ0n) is 16.2. The number of rotatable bonds is 5. The minimum atomic E-state index is -0.606. The topological polar surface area (TPSA) is 73.8 Å². The van der Waals surface area contributed by atoms with Gasteiger partial charge in [-0.15, -0.1) is 0 Å². The largest absolute Gasteiger partial charge is 0.494 e. The van der Waals surface area contributed by atoms with E-state index >= 15 is 0 Å². The van der Waals surface area contributed by atoms with E-state index in [0.717, 1.165) is 22.4 Å². The first-order chi connectivity index (χ1) is 14.1. The number of nitrogens with zero attached hydrogens (tertiary/aromatic N) is 2. The van der Waals surface area contributed by atoms with E-state index in [1.165, 1.54) is 17.6 Å². The molecule has 1 amide bonds. The van der Waals surface area contributed by atoms with E-state index in [1.807, 2.05) is 29.7 Å². The minimum absolute atomic E-state index is 0.0702. The van der Waals surface area contributed by atoms with Gasteiger partial charge in [-0.3, -0.25) is 9.59 Å². The van der Waals surface area contributed by atoms with E-state index in [9.17, 15) is 9.59 Å². The summed E-state index contributed by atoms with van der Waals surface area (Å²) in [7, 11) is 0. The number of para-hydroxylation sites is 1. The third-order valence-electron chi connectivity index (χ3n) is 4.52. The van der Waals surface area contributed by atoms with Crippen molar-refractivity contribution < 1.29 is 13.9 Å². The Balaban J connectivity index is 1.84. The maximum Gasteiger partial charge on any atom is 0.286 e. The second-order valence-electron chi connectivity index (χ2n) is 6.49. The average molecular weight is 408 g/mol. The van der Waals surface area contributed by atoms with Crippen molar-refractivity contribution in [1.29, 1.82) is 0 Å².